The smallest absolute Gasteiger partial charge is 0.124 e. The zero-order valence-electron chi connectivity index (χ0n) is 11.0. The first-order valence-electron chi connectivity index (χ1n) is 5.92. The van der Waals surface area contributed by atoms with Crippen LogP contribution in [-0.4, -0.2) is 22.4 Å². The number of hydrogen-bond acceptors (Lipinski definition) is 3. The summed E-state index contributed by atoms with van der Waals surface area (Å²) in [6, 6.07) is 5.79. The second kappa shape index (κ2) is 5.52. The van der Waals surface area contributed by atoms with Crippen LogP contribution in [0, 0.1) is 0 Å². The third-order valence-corrected chi connectivity index (χ3v) is 2.50. The van der Waals surface area contributed by atoms with Gasteiger partial charge in [-0.1, -0.05) is 19.9 Å². The molecule has 0 saturated heterocycles. The highest BCUT2D eigenvalue weighted by molar-refractivity contribution is 5.38. The van der Waals surface area contributed by atoms with Gasteiger partial charge >= 0.3 is 0 Å². The quantitative estimate of drug-likeness (QED) is 0.828. The first-order valence-corrected chi connectivity index (χ1v) is 5.92. The molecule has 1 aromatic carbocycles. The summed E-state index contributed by atoms with van der Waals surface area (Å²) in [6.45, 7) is 7.74. The van der Waals surface area contributed by atoms with Gasteiger partial charge in [0, 0.05) is 5.56 Å². The molecule has 0 saturated carbocycles. The molecule has 0 spiro atoms. The molecular formula is C14H22O3. The van der Waals surface area contributed by atoms with Crippen molar-refractivity contribution in [3.05, 3.63) is 29.3 Å². The number of rotatable bonds is 5. The van der Waals surface area contributed by atoms with E-state index in [4.69, 9.17) is 4.74 Å². The molecule has 0 unspecified atom stereocenters. The molecule has 0 amide bonds. The highest BCUT2D eigenvalue weighted by Crippen LogP contribution is 2.25. The van der Waals surface area contributed by atoms with Crippen molar-refractivity contribution in [3.8, 4) is 5.75 Å². The Bertz CT molecular complexity index is 364. The average molecular weight is 238 g/mol. The maximum atomic E-state index is 9.60. The van der Waals surface area contributed by atoms with Crippen LogP contribution >= 0.6 is 0 Å². The fourth-order valence-electron chi connectivity index (χ4n) is 1.48. The van der Waals surface area contributed by atoms with Crippen LogP contribution in [0.1, 0.15) is 44.7 Å². The Hall–Kier alpha value is -1.06. The normalized spacial score (nSPS) is 11.9. The SMILES string of the molecule is CC(C)c1ccc(OCC(C)(C)O)c(CO)c1. The molecule has 2 N–H and O–H groups in total. The summed E-state index contributed by atoms with van der Waals surface area (Å²) in [5.74, 6) is 1.06. The minimum Gasteiger partial charge on any atom is -0.490 e. The van der Waals surface area contributed by atoms with Crippen molar-refractivity contribution in [1.29, 1.82) is 0 Å². The van der Waals surface area contributed by atoms with Gasteiger partial charge < -0.3 is 14.9 Å². The van der Waals surface area contributed by atoms with Crippen molar-refractivity contribution in [2.75, 3.05) is 6.61 Å². The van der Waals surface area contributed by atoms with Crippen LogP contribution in [-0.2, 0) is 6.61 Å². The Morgan fingerprint density at radius 3 is 2.41 bits per heavy atom. The van der Waals surface area contributed by atoms with E-state index in [1.807, 2.05) is 18.2 Å². The van der Waals surface area contributed by atoms with Crippen molar-refractivity contribution >= 4 is 0 Å². The van der Waals surface area contributed by atoms with Crippen molar-refractivity contribution < 1.29 is 14.9 Å². The first kappa shape index (κ1) is 14.0. The van der Waals surface area contributed by atoms with Gasteiger partial charge in [-0.05, 0) is 37.5 Å². The Morgan fingerprint density at radius 2 is 1.94 bits per heavy atom. The van der Waals surface area contributed by atoms with Gasteiger partial charge in [-0.2, -0.15) is 0 Å². The zero-order valence-corrected chi connectivity index (χ0v) is 11.0. The molecular weight excluding hydrogens is 216 g/mol. The fraction of sp³-hybridized carbons (Fsp3) is 0.571. The van der Waals surface area contributed by atoms with Gasteiger partial charge in [0.05, 0.1) is 12.2 Å². The van der Waals surface area contributed by atoms with Gasteiger partial charge in [0.2, 0.25) is 0 Å². The maximum absolute atomic E-state index is 9.60. The van der Waals surface area contributed by atoms with E-state index in [0.717, 1.165) is 5.56 Å². The molecule has 0 fully saturated rings. The number of hydrogen-bond donors (Lipinski definition) is 2. The molecule has 17 heavy (non-hydrogen) atoms. The summed E-state index contributed by atoms with van der Waals surface area (Å²) in [5.41, 5.74) is 1.06. The van der Waals surface area contributed by atoms with E-state index in [0.29, 0.717) is 11.7 Å². The highest BCUT2D eigenvalue weighted by Gasteiger charge is 2.15. The summed E-state index contributed by atoms with van der Waals surface area (Å²) >= 11 is 0. The van der Waals surface area contributed by atoms with Gasteiger partial charge in [0.1, 0.15) is 12.4 Å². The van der Waals surface area contributed by atoms with Crippen LogP contribution < -0.4 is 4.74 Å². The predicted molar refractivity (Wildman–Crippen MR) is 68.2 cm³/mol. The summed E-state index contributed by atoms with van der Waals surface area (Å²) in [5, 5.41) is 18.9. The second-order valence-electron chi connectivity index (χ2n) is 5.28. The van der Waals surface area contributed by atoms with Crippen LogP contribution in [0.3, 0.4) is 0 Å². The van der Waals surface area contributed by atoms with Crippen LogP contribution in [0.2, 0.25) is 0 Å². The van der Waals surface area contributed by atoms with E-state index in [-0.39, 0.29) is 13.2 Å². The number of ether oxygens (including phenoxy) is 1. The lowest BCUT2D eigenvalue weighted by Gasteiger charge is -2.20. The second-order valence-corrected chi connectivity index (χ2v) is 5.28. The van der Waals surface area contributed by atoms with E-state index in [1.165, 1.54) is 5.56 Å². The molecule has 0 radical (unpaired) electrons. The summed E-state index contributed by atoms with van der Waals surface area (Å²) < 4.78 is 5.52. The highest BCUT2D eigenvalue weighted by atomic mass is 16.5. The van der Waals surface area contributed by atoms with E-state index in [1.54, 1.807) is 13.8 Å². The molecule has 0 aromatic heterocycles. The minimum atomic E-state index is -0.872. The number of benzene rings is 1. The van der Waals surface area contributed by atoms with Crippen molar-refractivity contribution in [1.82, 2.24) is 0 Å². The van der Waals surface area contributed by atoms with Crippen LogP contribution in [0.4, 0.5) is 0 Å². The molecule has 1 rings (SSSR count). The predicted octanol–water partition coefficient (Wildman–Crippen LogP) is 2.45. The van der Waals surface area contributed by atoms with E-state index in [2.05, 4.69) is 13.8 Å². The molecule has 0 heterocycles. The lowest BCUT2D eigenvalue weighted by atomic mass is 10.0. The third-order valence-electron chi connectivity index (χ3n) is 2.50. The van der Waals surface area contributed by atoms with Crippen LogP contribution in [0.15, 0.2) is 18.2 Å². The average Bonchev–Trinajstić information content (AvgIpc) is 2.24. The molecule has 1 aromatic rings. The molecule has 96 valence electrons. The van der Waals surface area contributed by atoms with Crippen molar-refractivity contribution in [2.24, 2.45) is 0 Å². The fourth-order valence-corrected chi connectivity index (χ4v) is 1.48. The Morgan fingerprint density at radius 1 is 1.29 bits per heavy atom. The van der Waals surface area contributed by atoms with Gasteiger partial charge in [0.25, 0.3) is 0 Å². The lowest BCUT2D eigenvalue weighted by Crippen LogP contribution is -2.28. The van der Waals surface area contributed by atoms with E-state index < -0.39 is 5.60 Å². The topological polar surface area (TPSA) is 49.7 Å². The van der Waals surface area contributed by atoms with Crippen molar-refractivity contribution in [3.63, 3.8) is 0 Å². The summed E-state index contributed by atoms with van der Waals surface area (Å²) in [4.78, 5) is 0. The van der Waals surface area contributed by atoms with E-state index >= 15 is 0 Å². The van der Waals surface area contributed by atoms with Gasteiger partial charge in [-0.3, -0.25) is 0 Å². The molecule has 3 nitrogen and oxygen atoms in total. The number of aliphatic hydroxyl groups excluding tert-OH is 1. The molecule has 0 atom stereocenters. The molecule has 0 aliphatic carbocycles. The van der Waals surface area contributed by atoms with Crippen LogP contribution in [0.5, 0.6) is 5.75 Å². The zero-order chi connectivity index (χ0) is 13.1. The van der Waals surface area contributed by atoms with Crippen molar-refractivity contribution in [2.45, 2.75) is 45.8 Å². The number of aliphatic hydroxyl groups is 2. The summed E-state index contributed by atoms with van der Waals surface area (Å²) in [6.07, 6.45) is 0. The van der Waals surface area contributed by atoms with Crippen LogP contribution in [0.25, 0.3) is 0 Å². The van der Waals surface area contributed by atoms with Gasteiger partial charge in [-0.25, -0.2) is 0 Å². The standard InChI is InChI=1S/C14H22O3/c1-10(2)11-5-6-13(12(7-11)8-15)17-9-14(3,4)16/h5-7,10,15-16H,8-9H2,1-4H3. The van der Waals surface area contributed by atoms with Gasteiger partial charge in [0.15, 0.2) is 0 Å². The largest absolute Gasteiger partial charge is 0.490 e. The molecule has 0 aliphatic rings. The molecule has 3 heteroatoms. The minimum absolute atomic E-state index is 0.0538. The third kappa shape index (κ3) is 4.36. The Labute approximate surface area is 103 Å². The molecule has 0 aliphatic heterocycles. The van der Waals surface area contributed by atoms with Gasteiger partial charge in [-0.15, -0.1) is 0 Å². The Balaban J connectivity index is 2.86. The van der Waals surface area contributed by atoms with E-state index in [9.17, 15) is 10.2 Å². The Kier molecular flexibility index (Phi) is 4.54. The first-order chi connectivity index (χ1) is 7.83. The lowest BCUT2D eigenvalue weighted by molar-refractivity contribution is 0.0277. The molecule has 0 bridgehead atoms. The maximum Gasteiger partial charge on any atom is 0.124 e. The summed E-state index contributed by atoms with van der Waals surface area (Å²) in [7, 11) is 0. The monoisotopic (exact) mass is 238 g/mol.